The second-order valence-corrected chi connectivity index (χ2v) is 9.55. The molecule has 0 aliphatic rings. The van der Waals surface area contributed by atoms with E-state index in [2.05, 4.69) is 26.1 Å². The number of carbonyl (C=O) groups excluding carboxylic acids is 1. The Morgan fingerprint density at radius 3 is 2.39 bits per heavy atom. The number of amides is 1. The second-order valence-electron chi connectivity index (χ2n) is 7.63. The standard InChI is InChI=1S/C22H27Cl2NO2S/c1-15(27-18-8-6-17(7-9-18)22(2,3)4)21(26)25-11-12-28-14-16-5-10-19(23)20(24)13-16/h5-10,13,15H,11-12,14H2,1-4H3,(H,25,26)/t15-/m1/s1. The van der Waals surface area contributed by atoms with Crippen LogP contribution in [-0.2, 0) is 16.0 Å². The van der Waals surface area contributed by atoms with Gasteiger partial charge < -0.3 is 10.1 Å². The minimum absolute atomic E-state index is 0.0938. The summed E-state index contributed by atoms with van der Waals surface area (Å²) in [4.78, 5) is 12.2. The zero-order valence-electron chi connectivity index (χ0n) is 16.7. The number of hydrogen-bond donors (Lipinski definition) is 1. The Kier molecular flexibility index (Phi) is 8.54. The number of hydrogen-bond acceptors (Lipinski definition) is 3. The molecule has 0 spiro atoms. The maximum absolute atomic E-state index is 12.2. The molecule has 1 N–H and O–H groups in total. The number of thioether (sulfide) groups is 1. The van der Waals surface area contributed by atoms with Crippen molar-refractivity contribution in [1.29, 1.82) is 0 Å². The zero-order chi connectivity index (χ0) is 20.7. The Balaban J connectivity index is 1.70. The highest BCUT2D eigenvalue weighted by atomic mass is 35.5. The van der Waals surface area contributed by atoms with Crippen LogP contribution in [0.4, 0.5) is 0 Å². The Morgan fingerprint density at radius 2 is 1.79 bits per heavy atom. The molecule has 1 amide bonds. The monoisotopic (exact) mass is 439 g/mol. The summed E-state index contributed by atoms with van der Waals surface area (Å²) >= 11 is 13.7. The van der Waals surface area contributed by atoms with Crippen molar-refractivity contribution in [3.8, 4) is 5.75 Å². The number of benzene rings is 2. The molecule has 0 saturated heterocycles. The van der Waals surface area contributed by atoms with Crippen molar-refractivity contribution in [1.82, 2.24) is 5.32 Å². The van der Waals surface area contributed by atoms with E-state index >= 15 is 0 Å². The van der Waals surface area contributed by atoms with E-state index in [1.54, 1.807) is 24.8 Å². The summed E-state index contributed by atoms with van der Waals surface area (Å²) in [5.41, 5.74) is 2.44. The van der Waals surface area contributed by atoms with Crippen LogP contribution >= 0.6 is 35.0 Å². The molecule has 0 saturated carbocycles. The van der Waals surface area contributed by atoms with E-state index in [0.29, 0.717) is 22.3 Å². The minimum Gasteiger partial charge on any atom is -0.481 e. The van der Waals surface area contributed by atoms with Crippen molar-refractivity contribution >= 4 is 40.9 Å². The summed E-state index contributed by atoms with van der Waals surface area (Å²) in [5, 5.41) is 4.04. The first kappa shape index (κ1) is 22.9. The van der Waals surface area contributed by atoms with Gasteiger partial charge in [-0.2, -0.15) is 11.8 Å². The molecule has 0 aliphatic heterocycles. The molecule has 0 heterocycles. The lowest BCUT2D eigenvalue weighted by atomic mass is 9.87. The number of rotatable bonds is 8. The smallest absolute Gasteiger partial charge is 0.260 e. The third kappa shape index (κ3) is 7.23. The first-order valence-electron chi connectivity index (χ1n) is 9.23. The van der Waals surface area contributed by atoms with Crippen molar-refractivity contribution < 1.29 is 9.53 Å². The normalized spacial score (nSPS) is 12.5. The lowest BCUT2D eigenvalue weighted by molar-refractivity contribution is -0.127. The minimum atomic E-state index is -0.541. The molecule has 0 unspecified atom stereocenters. The summed E-state index contributed by atoms with van der Waals surface area (Å²) < 4.78 is 5.75. The number of halogens is 2. The lowest BCUT2D eigenvalue weighted by Crippen LogP contribution is -2.37. The van der Waals surface area contributed by atoms with Gasteiger partial charge in [-0.3, -0.25) is 4.79 Å². The van der Waals surface area contributed by atoms with E-state index in [1.807, 2.05) is 36.4 Å². The van der Waals surface area contributed by atoms with Crippen LogP contribution in [0.3, 0.4) is 0 Å². The average molecular weight is 440 g/mol. The first-order chi connectivity index (χ1) is 13.2. The van der Waals surface area contributed by atoms with Crippen LogP contribution in [0.5, 0.6) is 5.75 Å². The van der Waals surface area contributed by atoms with Crippen molar-refractivity contribution in [3.63, 3.8) is 0 Å². The fourth-order valence-corrected chi connectivity index (χ4v) is 3.63. The molecule has 3 nitrogen and oxygen atoms in total. The molecule has 0 fully saturated rings. The molecule has 0 radical (unpaired) electrons. The molecule has 0 bridgehead atoms. The van der Waals surface area contributed by atoms with E-state index in [4.69, 9.17) is 27.9 Å². The number of carbonyl (C=O) groups is 1. The quantitative estimate of drug-likeness (QED) is 0.504. The van der Waals surface area contributed by atoms with Crippen molar-refractivity contribution in [2.45, 2.75) is 45.0 Å². The number of nitrogens with one attached hydrogen (secondary N) is 1. The van der Waals surface area contributed by atoms with Gasteiger partial charge in [-0.05, 0) is 47.7 Å². The lowest BCUT2D eigenvalue weighted by Gasteiger charge is -2.20. The van der Waals surface area contributed by atoms with Crippen molar-refractivity contribution in [3.05, 3.63) is 63.6 Å². The molecular formula is C22H27Cl2NO2S. The van der Waals surface area contributed by atoms with Crippen LogP contribution < -0.4 is 10.1 Å². The summed E-state index contributed by atoms with van der Waals surface area (Å²) in [6.07, 6.45) is -0.541. The van der Waals surface area contributed by atoms with Gasteiger partial charge in [0.1, 0.15) is 5.75 Å². The molecule has 1 atom stereocenters. The molecular weight excluding hydrogens is 413 g/mol. The summed E-state index contributed by atoms with van der Waals surface area (Å²) in [6.45, 7) is 8.84. The fourth-order valence-electron chi connectivity index (χ4n) is 2.50. The predicted octanol–water partition coefficient (Wildman–Crippen LogP) is 6.11. The van der Waals surface area contributed by atoms with E-state index in [0.717, 1.165) is 17.1 Å². The maximum atomic E-state index is 12.2. The van der Waals surface area contributed by atoms with Crippen LogP contribution in [0, 0.1) is 0 Å². The molecule has 28 heavy (non-hydrogen) atoms. The molecule has 2 aromatic rings. The predicted molar refractivity (Wildman–Crippen MR) is 121 cm³/mol. The highest BCUT2D eigenvalue weighted by Gasteiger charge is 2.16. The van der Waals surface area contributed by atoms with Gasteiger partial charge in [-0.1, -0.05) is 62.2 Å². The Labute approximate surface area is 182 Å². The van der Waals surface area contributed by atoms with Crippen molar-refractivity contribution in [2.75, 3.05) is 12.3 Å². The maximum Gasteiger partial charge on any atom is 0.260 e. The Hall–Kier alpha value is -1.36. The molecule has 6 heteroatoms. The Bertz CT molecular complexity index is 788. The van der Waals surface area contributed by atoms with E-state index < -0.39 is 6.10 Å². The summed E-state index contributed by atoms with van der Waals surface area (Å²) in [7, 11) is 0. The van der Waals surface area contributed by atoms with Gasteiger partial charge in [-0.15, -0.1) is 0 Å². The van der Waals surface area contributed by atoms with Crippen LogP contribution in [0.15, 0.2) is 42.5 Å². The highest BCUT2D eigenvalue weighted by Crippen LogP contribution is 2.25. The van der Waals surface area contributed by atoms with E-state index in [9.17, 15) is 4.79 Å². The van der Waals surface area contributed by atoms with Gasteiger partial charge in [0.05, 0.1) is 10.0 Å². The Morgan fingerprint density at radius 1 is 1.11 bits per heavy atom. The van der Waals surface area contributed by atoms with Crippen molar-refractivity contribution in [2.24, 2.45) is 0 Å². The highest BCUT2D eigenvalue weighted by molar-refractivity contribution is 7.98. The average Bonchev–Trinajstić information content (AvgIpc) is 2.63. The molecule has 2 aromatic carbocycles. The molecule has 2 rings (SSSR count). The van der Waals surface area contributed by atoms with Crippen LogP contribution in [0.1, 0.15) is 38.8 Å². The van der Waals surface area contributed by atoms with Gasteiger partial charge in [0.25, 0.3) is 5.91 Å². The van der Waals surface area contributed by atoms with Gasteiger partial charge in [0.15, 0.2) is 6.10 Å². The largest absolute Gasteiger partial charge is 0.481 e. The van der Waals surface area contributed by atoms with E-state index in [1.165, 1.54) is 5.56 Å². The summed E-state index contributed by atoms with van der Waals surface area (Å²) in [6, 6.07) is 13.5. The van der Waals surface area contributed by atoms with Crippen LogP contribution in [0.2, 0.25) is 10.0 Å². The number of ether oxygens (including phenoxy) is 1. The van der Waals surface area contributed by atoms with Gasteiger partial charge in [0, 0.05) is 18.1 Å². The first-order valence-corrected chi connectivity index (χ1v) is 11.1. The molecule has 0 aromatic heterocycles. The van der Waals surface area contributed by atoms with Gasteiger partial charge in [-0.25, -0.2) is 0 Å². The third-order valence-electron chi connectivity index (χ3n) is 4.20. The van der Waals surface area contributed by atoms with Gasteiger partial charge in [0.2, 0.25) is 0 Å². The van der Waals surface area contributed by atoms with Gasteiger partial charge >= 0.3 is 0 Å². The van der Waals surface area contributed by atoms with E-state index in [-0.39, 0.29) is 11.3 Å². The topological polar surface area (TPSA) is 38.3 Å². The second kappa shape index (κ2) is 10.4. The van der Waals surface area contributed by atoms with Crippen LogP contribution in [-0.4, -0.2) is 24.3 Å². The molecule has 0 aliphatic carbocycles. The molecule has 152 valence electrons. The third-order valence-corrected chi connectivity index (χ3v) is 5.97. The SMILES string of the molecule is C[C@@H](Oc1ccc(C(C)(C)C)cc1)C(=O)NCCSCc1ccc(Cl)c(Cl)c1. The summed E-state index contributed by atoms with van der Waals surface area (Å²) in [5.74, 6) is 2.21. The zero-order valence-corrected chi connectivity index (χ0v) is 19.0. The van der Waals surface area contributed by atoms with Crippen LogP contribution in [0.25, 0.3) is 0 Å². The fraction of sp³-hybridized carbons (Fsp3) is 0.409.